The predicted octanol–water partition coefficient (Wildman–Crippen LogP) is 2.51. The molecular formula is C20H22N2O5. The van der Waals surface area contributed by atoms with Gasteiger partial charge < -0.3 is 14.8 Å². The Morgan fingerprint density at radius 1 is 0.889 bits per heavy atom. The highest BCUT2D eigenvalue weighted by molar-refractivity contribution is 5.95. The van der Waals surface area contributed by atoms with E-state index < -0.39 is 24.5 Å². The molecule has 0 saturated carbocycles. The van der Waals surface area contributed by atoms with Crippen LogP contribution in [0.25, 0.3) is 11.1 Å². The molecule has 0 saturated heterocycles. The van der Waals surface area contributed by atoms with Crippen LogP contribution in [0.1, 0.15) is 13.8 Å². The van der Waals surface area contributed by atoms with Gasteiger partial charge in [0.2, 0.25) is 0 Å². The molecule has 0 aliphatic carbocycles. The van der Waals surface area contributed by atoms with Crippen LogP contribution in [0.5, 0.6) is 5.75 Å². The summed E-state index contributed by atoms with van der Waals surface area (Å²) < 4.78 is 10.1. The number of hydrogen-bond acceptors (Lipinski definition) is 5. The molecule has 2 rings (SSSR count). The third-order valence-corrected chi connectivity index (χ3v) is 3.36. The minimum Gasteiger partial charge on any atom is -0.482 e. The number of carbonyl (C=O) groups excluding carboxylic acids is 3. The summed E-state index contributed by atoms with van der Waals surface area (Å²) in [6, 6.07) is 16.4. The number of carbonyl (C=O) groups is 3. The van der Waals surface area contributed by atoms with Crippen molar-refractivity contribution in [3.63, 3.8) is 0 Å². The monoisotopic (exact) mass is 370 g/mol. The smallest absolute Gasteiger partial charge is 0.344 e. The second kappa shape index (κ2) is 9.96. The van der Waals surface area contributed by atoms with E-state index in [1.54, 1.807) is 26.0 Å². The molecule has 7 nitrogen and oxygen atoms in total. The number of nitrogens with one attached hydrogen (secondary N) is 2. The number of amides is 3. The van der Waals surface area contributed by atoms with E-state index in [1.165, 1.54) is 0 Å². The van der Waals surface area contributed by atoms with Gasteiger partial charge >= 0.3 is 12.0 Å². The van der Waals surface area contributed by atoms with Gasteiger partial charge in [0.1, 0.15) is 5.75 Å². The summed E-state index contributed by atoms with van der Waals surface area (Å²) in [5.41, 5.74) is 2.11. The Hall–Kier alpha value is -3.35. The molecule has 0 unspecified atom stereocenters. The third-order valence-electron chi connectivity index (χ3n) is 3.36. The second-order valence-electron chi connectivity index (χ2n) is 6.02. The molecule has 2 N–H and O–H groups in total. The highest BCUT2D eigenvalue weighted by Crippen LogP contribution is 2.21. The first-order valence-electron chi connectivity index (χ1n) is 8.48. The number of hydrogen-bond donors (Lipinski definition) is 2. The topological polar surface area (TPSA) is 93.7 Å². The Morgan fingerprint density at radius 2 is 1.52 bits per heavy atom. The van der Waals surface area contributed by atoms with Gasteiger partial charge in [0.05, 0.1) is 0 Å². The van der Waals surface area contributed by atoms with E-state index >= 15 is 0 Å². The SMILES string of the molecule is CC(C)NC(=O)NC(=O)COC(=O)COc1ccc(-c2ccccc2)cc1. The van der Waals surface area contributed by atoms with E-state index in [9.17, 15) is 14.4 Å². The molecule has 0 aromatic heterocycles. The molecule has 7 heteroatoms. The summed E-state index contributed by atoms with van der Waals surface area (Å²) in [5.74, 6) is -0.914. The van der Waals surface area contributed by atoms with Crippen molar-refractivity contribution in [2.24, 2.45) is 0 Å². The number of ether oxygens (including phenoxy) is 2. The van der Waals surface area contributed by atoms with Crippen LogP contribution in [0.3, 0.4) is 0 Å². The van der Waals surface area contributed by atoms with Gasteiger partial charge in [0.25, 0.3) is 5.91 Å². The maximum Gasteiger partial charge on any atom is 0.344 e. The van der Waals surface area contributed by atoms with E-state index in [0.717, 1.165) is 11.1 Å². The zero-order valence-electron chi connectivity index (χ0n) is 15.2. The first-order valence-corrected chi connectivity index (χ1v) is 8.48. The quantitative estimate of drug-likeness (QED) is 0.731. The van der Waals surface area contributed by atoms with E-state index in [-0.39, 0.29) is 12.6 Å². The molecule has 0 aliphatic heterocycles. The molecule has 142 valence electrons. The lowest BCUT2D eigenvalue weighted by atomic mass is 10.1. The fourth-order valence-electron chi connectivity index (χ4n) is 2.17. The predicted molar refractivity (Wildman–Crippen MR) is 100 cm³/mol. The third kappa shape index (κ3) is 7.19. The van der Waals surface area contributed by atoms with E-state index in [1.807, 2.05) is 42.5 Å². The van der Waals surface area contributed by atoms with Crippen molar-refractivity contribution in [2.75, 3.05) is 13.2 Å². The largest absolute Gasteiger partial charge is 0.482 e. The zero-order chi connectivity index (χ0) is 19.6. The van der Waals surface area contributed by atoms with Gasteiger partial charge in [-0.1, -0.05) is 42.5 Å². The van der Waals surface area contributed by atoms with Gasteiger partial charge in [-0.25, -0.2) is 9.59 Å². The normalized spacial score (nSPS) is 10.2. The first-order chi connectivity index (χ1) is 12.9. The van der Waals surface area contributed by atoms with Crippen molar-refractivity contribution in [2.45, 2.75) is 19.9 Å². The molecule has 0 spiro atoms. The van der Waals surface area contributed by atoms with Crippen LogP contribution in [0.4, 0.5) is 4.79 Å². The van der Waals surface area contributed by atoms with Gasteiger partial charge in [-0.3, -0.25) is 10.1 Å². The van der Waals surface area contributed by atoms with Crippen LogP contribution in [0.2, 0.25) is 0 Å². The van der Waals surface area contributed by atoms with E-state index in [2.05, 4.69) is 10.6 Å². The fraction of sp³-hybridized carbons (Fsp3) is 0.250. The van der Waals surface area contributed by atoms with Crippen molar-refractivity contribution in [3.05, 3.63) is 54.6 Å². The molecule has 0 aliphatic rings. The lowest BCUT2D eigenvalue weighted by molar-refractivity contribution is -0.150. The number of rotatable bonds is 7. The van der Waals surface area contributed by atoms with Crippen molar-refractivity contribution in [3.8, 4) is 16.9 Å². The van der Waals surface area contributed by atoms with Crippen LogP contribution < -0.4 is 15.4 Å². The Labute approximate surface area is 157 Å². The zero-order valence-corrected chi connectivity index (χ0v) is 15.2. The first kappa shape index (κ1) is 20.0. The van der Waals surface area contributed by atoms with Crippen LogP contribution in [-0.2, 0) is 14.3 Å². The van der Waals surface area contributed by atoms with Crippen molar-refractivity contribution >= 4 is 17.9 Å². The van der Waals surface area contributed by atoms with Crippen LogP contribution >= 0.6 is 0 Å². The summed E-state index contributed by atoms with van der Waals surface area (Å²) in [6.45, 7) is 2.62. The average molecular weight is 370 g/mol. The molecule has 0 atom stereocenters. The molecule has 0 radical (unpaired) electrons. The summed E-state index contributed by atoms with van der Waals surface area (Å²) >= 11 is 0. The fourth-order valence-corrected chi connectivity index (χ4v) is 2.17. The Balaban J connectivity index is 1.72. The molecule has 2 aromatic carbocycles. The summed E-state index contributed by atoms with van der Waals surface area (Å²) in [4.78, 5) is 34.5. The lowest BCUT2D eigenvalue weighted by Crippen LogP contribution is -2.44. The molecular weight excluding hydrogens is 348 g/mol. The second-order valence-corrected chi connectivity index (χ2v) is 6.02. The van der Waals surface area contributed by atoms with Crippen molar-refractivity contribution in [1.29, 1.82) is 0 Å². The van der Waals surface area contributed by atoms with Crippen molar-refractivity contribution < 1.29 is 23.9 Å². The van der Waals surface area contributed by atoms with Crippen LogP contribution in [-0.4, -0.2) is 37.2 Å². The highest BCUT2D eigenvalue weighted by atomic mass is 16.6. The average Bonchev–Trinajstić information content (AvgIpc) is 2.65. The lowest BCUT2D eigenvalue weighted by Gasteiger charge is -2.10. The molecule has 2 aromatic rings. The summed E-state index contributed by atoms with van der Waals surface area (Å²) in [6.07, 6.45) is 0. The van der Waals surface area contributed by atoms with E-state index in [4.69, 9.17) is 9.47 Å². The van der Waals surface area contributed by atoms with E-state index in [0.29, 0.717) is 5.75 Å². The molecule has 3 amide bonds. The summed E-state index contributed by atoms with van der Waals surface area (Å²) in [5, 5.41) is 4.54. The number of benzene rings is 2. The number of urea groups is 1. The highest BCUT2D eigenvalue weighted by Gasteiger charge is 2.12. The van der Waals surface area contributed by atoms with Gasteiger partial charge in [0.15, 0.2) is 13.2 Å². The minimum absolute atomic E-state index is 0.109. The van der Waals surface area contributed by atoms with Crippen LogP contribution in [0, 0.1) is 0 Å². The molecule has 0 bridgehead atoms. The molecule has 27 heavy (non-hydrogen) atoms. The number of imide groups is 1. The molecule has 0 heterocycles. The van der Waals surface area contributed by atoms with Gasteiger partial charge in [-0.15, -0.1) is 0 Å². The summed E-state index contributed by atoms with van der Waals surface area (Å²) in [7, 11) is 0. The maximum atomic E-state index is 11.6. The van der Waals surface area contributed by atoms with Crippen LogP contribution in [0.15, 0.2) is 54.6 Å². The maximum absolute atomic E-state index is 11.6. The van der Waals surface area contributed by atoms with Gasteiger partial charge in [-0.2, -0.15) is 0 Å². The van der Waals surface area contributed by atoms with Gasteiger partial charge in [0, 0.05) is 6.04 Å². The number of esters is 1. The Kier molecular flexibility index (Phi) is 7.37. The Morgan fingerprint density at radius 3 is 2.15 bits per heavy atom. The van der Waals surface area contributed by atoms with Crippen molar-refractivity contribution in [1.82, 2.24) is 10.6 Å². The minimum atomic E-state index is -0.714. The standard InChI is InChI=1S/C20H22N2O5/c1-14(2)21-20(25)22-18(23)12-27-19(24)13-26-17-10-8-16(9-11-17)15-6-4-3-5-7-15/h3-11,14H,12-13H2,1-2H3,(H2,21,22,23,25). The van der Waals surface area contributed by atoms with Gasteiger partial charge in [-0.05, 0) is 37.1 Å². The Bertz CT molecular complexity index is 773. The molecule has 0 fully saturated rings.